The van der Waals surface area contributed by atoms with E-state index in [0.717, 1.165) is 10.9 Å². The van der Waals surface area contributed by atoms with Gasteiger partial charge in [0.25, 0.3) is 6.43 Å². The van der Waals surface area contributed by atoms with Crippen LogP contribution in [0.5, 0.6) is 0 Å². The van der Waals surface area contributed by atoms with Gasteiger partial charge < -0.3 is 10.6 Å². The van der Waals surface area contributed by atoms with E-state index in [2.05, 4.69) is 20.6 Å². The van der Waals surface area contributed by atoms with Crippen LogP contribution in [0.3, 0.4) is 0 Å². The van der Waals surface area contributed by atoms with Crippen molar-refractivity contribution in [3.05, 3.63) is 24.3 Å². The Labute approximate surface area is 103 Å². The Kier molecular flexibility index (Phi) is 3.86. The maximum absolute atomic E-state index is 12.2. The Morgan fingerprint density at radius 2 is 1.94 bits per heavy atom. The summed E-state index contributed by atoms with van der Waals surface area (Å²) in [6, 6.07) is 7.30. The van der Waals surface area contributed by atoms with Crippen LogP contribution in [0.2, 0.25) is 0 Å². The molecule has 0 atom stereocenters. The average molecular weight is 252 g/mol. The van der Waals surface area contributed by atoms with Gasteiger partial charge in [0.1, 0.15) is 5.82 Å². The van der Waals surface area contributed by atoms with E-state index in [-0.39, 0.29) is 0 Å². The van der Waals surface area contributed by atoms with Gasteiger partial charge in [0.05, 0.1) is 12.1 Å². The highest BCUT2D eigenvalue weighted by molar-refractivity contribution is 5.89. The number of nitrogens with zero attached hydrogens (tertiary/aromatic N) is 2. The lowest BCUT2D eigenvalue weighted by Crippen LogP contribution is -2.13. The number of para-hydroxylation sites is 1. The van der Waals surface area contributed by atoms with Crippen LogP contribution in [0, 0.1) is 0 Å². The first kappa shape index (κ1) is 12.5. The molecule has 18 heavy (non-hydrogen) atoms. The van der Waals surface area contributed by atoms with Crippen LogP contribution in [0.4, 0.5) is 20.5 Å². The molecule has 0 aliphatic heterocycles. The van der Waals surface area contributed by atoms with Gasteiger partial charge in [-0.05, 0) is 19.1 Å². The number of fused-ring (bicyclic) bond motifs is 1. The molecule has 0 saturated heterocycles. The Balaban J connectivity index is 2.40. The average Bonchev–Trinajstić information content (AvgIpc) is 2.36. The first-order chi connectivity index (χ1) is 8.70. The van der Waals surface area contributed by atoms with E-state index in [4.69, 9.17) is 0 Å². The summed E-state index contributed by atoms with van der Waals surface area (Å²) in [7, 11) is 0. The van der Waals surface area contributed by atoms with Crippen LogP contribution in [0.1, 0.15) is 6.92 Å². The molecular formula is C12H14F2N4. The van der Waals surface area contributed by atoms with Gasteiger partial charge >= 0.3 is 0 Å². The zero-order valence-electron chi connectivity index (χ0n) is 9.95. The second kappa shape index (κ2) is 5.57. The molecule has 4 nitrogen and oxygen atoms in total. The maximum Gasteiger partial charge on any atom is 0.255 e. The van der Waals surface area contributed by atoms with Crippen molar-refractivity contribution >= 4 is 22.7 Å². The maximum atomic E-state index is 12.2. The van der Waals surface area contributed by atoms with E-state index in [1.165, 1.54) is 0 Å². The van der Waals surface area contributed by atoms with Crippen molar-refractivity contribution in [3.8, 4) is 0 Å². The van der Waals surface area contributed by atoms with Gasteiger partial charge in [-0.1, -0.05) is 12.1 Å². The van der Waals surface area contributed by atoms with Gasteiger partial charge in [0.15, 0.2) is 0 Å². The van der Waals surface area contributed by atoms with Crippen molar-refractivity contribution in [2.75, 3.05) is 23.7 Å². The van der Waals surface area contributed by atoms with E-state index in [0.29, 0.717) is 18.3 Å². The number of anilines is 2. The first-order valence-electron chi connectivity index (χ1n) is 5.73. The van der Waals surface area contributed by atoms with Gasteiger partial charge in [-0.25, -0.2) is 13.8 Å². The van der Waals surface area contributed by atoms with Gasteiger partial charge in [-0.15, -0.1) is 0 Å². The highest BCUT2D eigenvalue weighted by Gasteiger charge is 2.09. The van der Waals surface area contributed by atoms with Crippen LogP contribution in [-0.2, 0) is 0 Å². The number of aromatic nitrogens is 2. The molecule has 0 amide bonds. The largest absolute Gasteiger partial charge is 0.364 e. The highest BCUT2D eigenvalue weighted by Crippen LogP contribution is 2.21. The summed E-state index contributed by atoms with van der Waals surface area (Å²) in [5, 5.41) is 6.36. The van der Waals surface area contributed by atoms with Crippen LogP contribution >= 0.6 is 0 Å². The fraction of sp³-hybridized carbons (Fsp3) is 0.333. The number of alkyl halides is 2. The molecule has 0 aliphatic rings. The number of hydrogen-bond donors (Lipinski definition) is 2. The summed E-state index contributed by atoms with van der Waals surface area (Å²) in [5.74, 6) is 0.866. The fourth-order valence-electron chi connectivity index (χ4n) is 1.62. The molecular weight excluding hydrogens is 238 g/mol. The van der Waals surface area contributed by atoms with E-state index in [1.54, 1.807) is 6.07 Å². The Morgan fingerprint density at radius 1 is 1.17 bits per heavy atom. The smallest absolute Gasteiger partial charge is 0.255 e. The van der Waals surface area contributed by atoms with Crippen molar-refractivity contribution in [2.24, 2.45) is 0 Å². The number of hydrogen-bond acceptors (Lipinski definition) is 4. The number of halogens is 2. The zero-order chi connectivity index (χ0) is 13.0. The summed E-state index contributed by atoms with van der Waals surface area (Å²) < 4.78 is 24.5. The molecule has 2 N–H and O–H groups in total. The molecule has 1 heterocycles. The molecule has 6 heteroatoms. The van der Waals surface area contributed by atoms with Crippen molar-refractivity contribution in [1.82, 2.24) is 9.97 Å². The summed E-state index contributed by atoms with van der Waals surface area (Å²) in [6.45, 7) is 2.17. The standard InChI is InChI=1S/C12H14F2N4/c1-2-15-12-17-9-6-4-3-5-8(9)11(18-12)16-7-10(13)14/h3-6,10H,2,7H2,1H3,(H2,15,16,17,18). The first-order valence-corrected chi connectivity index (χ1v) is 5.73. The molecule has 2 aromatic rings. The van der Waals surface area contributed by atoms with Crippen molar-refractivity contribution in [1.29, 1.82) is 0 Å². The van der Waals surface area contributed by atoms with Crippen LogP contribution in [0.25, 0.3) is 10.9 Å². The third-order valence-electron chi connectivity index (χ3n) is 2.36. The normalized spacial score (nSPS) is 10.9. The van der Waals surface area contributed by atoms with E-state index in [1.807, 2.05) is 25.1 Å². The van der Waals surface area contributed by atoms with Crippen LogP contribution in [0.15, 0.2) is 24.3 Å². The molecule has 2 rings (SSSR count). The quantitative estimate of drug-likeness (QED) is 0.859. The Bertz CT molecular complexity index is 530. The SMILES string of the molecule is CCNc1nc(NCC(F)F)c2ccccc2n1. The van der Waals surface area contributed by atoms with Crippen molar-refractivity contribution in [3.63, 3.8) is 0 Å². The van der Waals surface area contributed by atoms with Crippen molar-refractivity contribution in [2.45, 2.75) is 13.3 Å². The topological polar surface area (TPSA) is 49.8 Å². The third kappa shape index (κ3) is 2.82. The summed E-state index contributed by atoms with van der Waals surface area (Å²) in [6.07, 6.45) is -2.42. The van der Waals surface area contributed by atoms with E-state index < -0.39 is 13.0 Å². The molecule has 1 aromatic heterocycles. The fourth-order valence-corrected chi connectivity index (χ4v) is 1.62. The molecule has 0 fully saturated rings. The van der Waals surface area contributed by atoms with E-state index >= 15 is 0 Å². The minimum Gasteiger partial charge on any atom is -0.364 e. The summed E-state index contributed by atoms with van der Waals surface area (Å²) in [5.41, 5.74) is 0.722. The molecule has 0 unspecified atom stereocenters. The minimum atomic E-state index is -2.42. The Hall–Kier alpha value is -1.98. The predicted molar refractivity (Wildman–Crippen MR) is 68.2 cm³/mol. The van der Waals surface area contributed by atoms with Crippen LogP contribution in [-0.4, -0.2) is 29.5 Å². The molecule has 0 saturated carbocycles. The third-order valence-corrected chi connectivity index (χ3v) is 2.36. The molecule has 0 radical (unpaired) electrons. The highest BCUT2D eigenvalue weighted by atomic mass is 19.3. The summed E-state index contributed by atoms with van der Waals surface area (Å²) >= 11 is 0. The second-order valence-electron chi connectivity index (χ2n) is 3.72. The van der Waals surface area contributed by atoms with Crippen molar-refractivity contribution < 1.29 is 8.78 Å². The molecule has 96 valence electrons. The number of rotatable bonds is 5. The Morgan fingerprint density at radius 3 is 2.67 bits per heavy atom. The van der Waals surface area contributed by atoms with Gasteiger partial charge in [0, 0.05) is 11.9 Å². The summed E-state index contributed by atoms with van der Waals surface area (Å²) in [4.78, 5) is 8.50. The lowest BCUT2D eigenvalue weighted by Gasteiger charge is -2.10. The van der Waals surface area contributed by atoms with Gasteiger partial charge in [0.2, 0.25) is 5.95 Å². The molecule has 0 aliphatic carbocycles. The van der Waals surface area contributed by atoms with Gasteiger partial charge in [-0.2, -0.15) is 4.98 Å². The lowest BCUT2D eigenvalue weighted by molar-refractivity contribution is 0.163. The van der Waals surface area contributed by atoms with Gasteiger partial charge in [-0.3, -0.25) is 0 Å². The minimum absolute atomic E-state index is 0.424. The molecule has 1 aromatic carbocycles. The molecule has 0 spiro atoms. The number of benzene rings is 1. The number of nitrogens with one attached hydrogen (secondary N) is 2. The van der Waals surface area contributed by atoms with E-state index in [9.17, 15) is 8.78 Å². The van der Waals surface area contributed by atoms with Crippen LogP contribution < -0.4 is 10.6 Å². The lowest BCUT2D eigenvalue weighted by atomic mass is 10.2. The molecule has 0 bridgehead atoms. The zero-order valence-corrected chi connectivity index (χ0v) is 9.95. The monoisotopic (exact) mass is 252 g/mol. The second-order valence-corrected chi connectivity index (χ2v) is 3.72. The predicted octanol–water partition coefficient (Wildman–Crippen LogP) is 2.74.